The van der Waals surface area contributed by atoms with E-state index in [0.29, 0.717) is 30.4 Å². The second-order valence-corrected chi connectivity index (χ2v) is 14.3. The summed E-state index contributed by atoms with van der Waals surface area (Å²) >= 11 is 0. The fourth-order valence-corrected chi connectivity index (χ4v) is 7.02. The first-order valence-electron chi connectivity index (χ1n) is 16.9. The van der Waals surface area contributed by atoms with Crippen LogP contribution in [0.15, 0.2) is 30.4 Å². The van der Waals surface area contributed by atoms with Crippen molar-refractivity contribution >= 4 is 29.8 Å². The third-order valence-electron chi connectivity index (χ3n) is 9.56. The number of nitrogens with one attached hydrogen (secondary N) is 2. The number of benzene rings is 1. The quantitative estimate of drug-likeness (QED) is 0.401. The van der Waals surface area contributed by atoms with E-state index in [1.54, 1.807) is 32.9 Å². The zero-order valence-corrected chi connectivity index (χ0v) is 28.0. The molecule has 5 rings (SSSR count). The SMILES string of the molecule is CC(C)(C)OC(=O)N[C@H]1CCCCC/C=C\[C@@H]2C[C@@]2(C(=O)NCCO)CC(=O)[C@@H]2C[C@@H](OC(=O)N3Cc4cccc(F)c4C3)CN2C1=O. The largest absolute Gasteiger partial charge is 0.444 e. The Morgan fingerprint density at radius 2 is 1.92 bits per heavy atom. The number of rotatable bonds is 5. The molecular weight excluding hydrogens is 623 g/mol. The number of hydrogen-bond acceptors (Lipinski definition) is 8. The lowest BCUT2D eigenvalue weighted by Gasteiger charge is -2.30. The summed E-state index contributed by atoms with van der Waals surface area (Å²) in [7, 11) is 0. The molecule has 0 aromatic heterocycles. The van der Waals surface area contributed by atoms with E-state index in [-0.39, 0.29) is 63.2 Å². The Morgan fingerprint density at radius 3 is 2.65 bits per heavy atom. The number of nitrogens with zero attached hydrogens (tertiary/aromatic N) is 2. The highest BCUT2D eigenvalue weighted by Crippen LogP contribution is 2.57. The van der Waals surface area contributed by atoms with Gasteiger partial charge in [0.05, 0.1) is 31.2 Å². The normalized spacial score (nSPS) is 28.3. The summed E-state index contributed by atoms with van der Waals surface area (Å²) < 4.78 is 25.6. The molecule has 4 amide bonds. The van der Waals surface area contributed by atoms with Crippen LogP contribution in [0.2, 0.25) is 0 Å². The molecule has 5 atom stereocenters. The number of Topliss-reactive ketones (excluding diaryl/α,β-unsaturated/α-hetero) is 1. The summed E-state index contributed by atoms with van der Waals surface area (Å²) in [6.45, 7) is 5.10. The first-order chi connectivity index (χ1) is 22.8. The van der Waals surface area contributed by atoms with Gasteiger partial charge < -0.3 is 30.1 Å². The minimum atomic E-state index is -1.01. The third-order valence-corrected chi connectivity index (χ3v) is 9.56. The van der Waals surface area contributed by atoms with Gasteiger partial charge in [-0.05, 0) is 64.0 Å². The number of halogens is 1. The van der Waals surface area contributed by atoms with Crippen LogP contribution in [0.3, 0.4) is 0 Å². The molecule has 13 heteroatoms. The van der Waals surface area contributed by atoms with Gasteiger partial charge in [-0.2, -0.15) is 0 Å². The predicted octanol–water partition coefficient (Wildman–Crippen LogP) is 3.74. The van der Waals surface area contributed by atoms with Gasteiger partial charge in [-0.3, -0.25) is 19.3 Å². The number of fused-ring (bicyclic) bond motifs is 3. The van der Waals surface area contributed by atoms with Crippen molar-refractivity contribution in [2.45, 2.75) is 109 Å². The summed E-state index contributed by atoms with van der Waals surface area (Å²) in [6, 6.07) is 2.67. The molecule has 12 nitrogen and oxygen atoms in total. The highest BCUT2D eigenvalue weighted by molar-refractivity contribution is 5.97. The Kier molecular flexibility index (Phi) is 10.8. The van der Waals surface area contributed by atoms with E-state index in [1.165, 1.54) is 15.9 Å². The van der Waals surface area contributed by atoms with E-state index in [0.717, 1.165) is 19.3 Å². The number of ether oxygens (including phenoxy) is 2. The molecule has 1 saturated carbocycles. The van der Waals surface area contributed by atoms with Crippen LogP contribution in [-0.2, 0) is 36.9 Å². The molecule has 1 aromatic carbocycles. The lowest BCUT2D eigenvalue weighted by molar-refractivity contribution is -0.140. The van der Waals surface area contributed by atoms with Gasteiger partial charge in [-0.15, -0.1) is 0 Å². The molecule has 0 unspecified atom stereocenters. The van der Waals surface area contributed by atoms with E-state index in [4.69, 9.17) is 9.47 Å². The van der Waals surface area contributed by atoms with Gasteiger partial charge in [0.25, 0.3) is 0 Å². The van der Waals surface area contributed by atoms with Gasteiger partial charge in [-0.25, -0.2) is 14.0 Å². The molecule has 0 bridgehead atoms. The standard InChI is InChI=1S/C35H47FN4O8/c1-34(2,3)48-32(45)38-27-13-8-6-4-5-7-11-23-17-35(23,31(44)37-14-15-41)18-29(42)28-16-24(20-40(28)30(27)43)47-33(46)39-19-22-10-9-12-26(36)25(22)21-39/h7,9-12,23-24,27-28,41H,4-6,8,13-21H2,1-3H3,(H,37,44)(H,38,45)/b11-7-/t23-,24-,27+,28+,35-/m1/s1. The smallest absolute Gasteiger partial charge is 0.410 e. The van der Waals surface area contributed by atoms with Crippen molar-refractivity contribution in [3.05, 3.63) is 47.3 Å². The van der Waals surface area contributed by atoms with Crippen molar-refractivity contribution in [2.24, 2.45) is 11.3 Å². The van der Waals surface area contributed by atoms with Crippen LogP contribution in [0.5, 0.6) is 0 Å². The first kappa shape index (κ1) is 35.3. The Balaban J connectivity index is 1.38. The number of amides is 4. The molecule has 4 aliphatic rings. The summed E-state index contributed by atoms with van der Waals surface area (Å²) in [4.78, 5) is 70.5. The Morgan fingerprint density at radius 1 is 1.12 bits per heavy atom. The van der Waals surface area contributed by atoms with Gasteiger partial charge >= 0.3 is 12.2 Å². The van der Waals surface area contributed by atoms with Crippen molar-refractivity contribution in [3.63, 3.8) is 0 Å². The van der Waals surface area contributed by atoms with Gasteiger partial charge in [0, 0.05) is 31.5 Å². The van der Waals surface area contributed by atoms with Crippen LogP contribution in [-0.4, -0.2) is 88.2 Å². The molecule has 1 aliphatic carbocycles. The average Bonchev–Trinajstić information content (AvgIpc) is 3.33. The van der Waals surface area contributed by atoms with Crippen LogP contribution < -0.4 is 10.6 Å². The van der Waals surface area contributed by atoms with E-state index >= 15 is 0 Å². The summed E-state index contributed by atoms with van der Waals surface area (Å²) in [6.07, 6.45) is 5.40. The van der Waals surface area contributed by atoms with Crippen molar-refractivity contribution < 1.29 is 42.9 Å². The van der Waals surface area contributed by atoms with Crippen LogP contribution >= 0.6 is 0 Å². The Hall–Kier alpha value is -4.00. The molecule has 3 N–H and O–H groups in total. The first-order valence-corrected chi connectivity index (χ1v) is 16.9. The van der Waals surface area contributed by atoms with Crippen molar-refractivity contribution in [1.82, 2.24) is 20.4 Å². The fraction of sp³-hybridized carbons (Fsp3) is 0.629. The van der Waals surface area contributed by atoms with Gasteiger partial charge in [0.2, 0.25) is 11.8 Å². The zero-order chi connectivity index (χ0) is 34.6. The van der Waals surface area contributed by atoms with E-state index in [2.05, 4.69) is 10.6 Å². The van der Waals surface area contributed by atoms with Gasteiger partial charge in [0.1, 0.15) is 23.6 Å². The monoisotopic (exact) mass is 670 g/mol. The van der Waals surface area contributed by atoms with Crippen LogP contribution in [0.1, 0.15) is 83.3 Å². The molecule has 3 heterocycles. The minimum Gasteiger partial charge on any atom is -0.444 e. The highest BCUT2D eigenvalue weighted by atomic mass is 19.1. The number of ketones is 1. The highest BCUT2D eigenvalue weighted by Gasteiger charge is 2.60. The number of carbonyl (C=O) groups is 5. The lowest BCUT2D eigenvalue weighted by atomic mass is 9.91. The van der Waals surface area contributed by atoms with Crippen molar-refractivity contribution in [2.75, 3.05) is 19.7 Å². The maximum atomic E-state index is 14.4. The number of aliphatic hydroxyl groups excluding tert-OH is 1. The fourth-order valence-electron chi connectivity index (χ4n) is 7.02. The van der Waals surface area contributed by atoms with Gasteiger partial charge in [-0.1, -0.05) is 37.1 Å². The number of hydrogen-bond donors (Lipinski definition) is 3. The molecule has 3 aliphatic heterocycles. The van der Waals surface area contributed by atoms with Crippen LogP contribution in [0.25, 0.3) is 0 Å². The molecular formula is C35H47FN4O8. The molecule has 2 fully saturated rings. The van der Waals surface area contributed by atoms with E-state index in [9.17, 15) is 33.5 Å². The number of aliphatic hydroxyl groups is 1. The molecule has 0 radical (unpaired) electrons. The number of alkyl carbamates (subject to hydrolysis) is 1. The Bertz CT molecular complexity index is 1440. The molecule has 1 saturated heterocycles. The van der Waals surface area contributed by atoms with Crippen LogP contribution in [0.4, 0.5) is 14.0 Å². The third kappa shape index (κ3) is 8.16. The zero-order valence-electron chi connectivity index (χ0n) is 28.0. The summed E-state index contributed by atoms with van der Waals surface area (Å²) in [5.74, 6) is -1.73. The number of allylic oxidation sites excluding steroid dienone is 2. The van der Waals surface area contributed by atoms with Crippen molar-refractivity contribution in [1.29, 1.82) is 0 Å². The maximum Gasteiger partial charge on any atom is 0.410 e. The average molecular weight is 671 g/mol. The molecule has 48 heavy (non-hydrogen) atoms. The molecule has 1 aromatic rings. The topological polar surface area (TPSA) is 155 Å². The molecule has 262 valence electrons. The van der Waals surface area contributed by atoms with E-state index < -0.39 is 53.1 Å². The van der Waals surface area contributed by atoms with Crippen LogP contribution in [0, 0.1) is 17.2 Å². The predicted molar refractivity (Wildman–Crippen MR) is 172 cm³/mol. The van der Waals surface area contributed by atoms with Crippen molar-refractivity contribution in [3.8, 4) is 0 Å². The summed E-state index contributed by atoms with van der Waals surface area (Å²) in [5.41, 5.74) is -0.696. The number of carbonyl (C=O) groups excluding carboxylic acids is 5. The minimum absolute atomic E-state index is 0.0134. The Labute approximate surface area is 280 Å². The second-order valence-electron chi connectivity index (χ2n) is 14.3. The van der Waals surface area contributed by atoms with Gasteiger partial charge in [0.15, 0.2) is 5.78 Å². The van der Waals surface area contributed by atoms with E-state index in [1.807, 2.05) is 12.2 Å². The molecule has 0 spiro atoms. The lowest BCUT2D eigenvalue weighted by Crippen LogP contribution is -2.53. The maximum absolute atomic E-state index is 14.4. The summed E-state index contributed by atoms with van der Waals surface area (Å²) in [5, 5.41) is 14.7. The second kappa shape index (κ2) is 14.6.